The Bertz CT molecular complexity index is 934. The predicted molar refractivity (Wildman–Crippen MR) is 123 cm³/mol. The van der Waals surface area contributed by atoms with Gasteiger partial charge in [0.25, 0.3) is 0 Å². The molecule has 0 unspecified atom stereocenters. The summed E-state index contributed by atoms with van der Waals surface area (Å²) in [4.78, 5) is 19.2. The molecule has 4 heterocycles. The van der Waals surface area contributed by atoms with Crippen molar-refractivity contribution in [3.05, 3.63) is 30.6 Å². The highest BCUT2D eigenvalue weighted by Gasteiger charge is 2.19. The van der Waals surface area contributed by atoms with Gasteiger partial charge in [-0.15, -0.1) is 0 Å². The Hall–Kier alpha value is -1.78. The van der Waals surface area contributed by atoms with E-state index in [1.165, 1.54) is 17.2 Å². The molecule has 10 heteroatoms. The van der Waals surface area contributed by atoms with Crippen LogP contribution in [0.2, 0.25) is 0 Å². The van der Waals surface area contributed by atoms with Crippen LogP contribution in [-0.2, 0) is 0 Å². The molecule has 2 aliphatic heterocycles. The van der Waals surface area contributed by atoms with E-state index in [0.717, 1.165) is 47.3 Å². The van der Waals surface area contributed by atoms with Gasteiger partial charge in [-0.1, -0.05) is 21.6 Å². The molecule has 28 heavy (non-hydrogen) atoms. The fraction of sp³-hybridized carbons (Fsp3) is 0.389. The second kappa shape index (κ2) is 8.30. The molecule has 146 valence electrons. The fourth-order valence-electron chi connectivity index (χ4n) is 3.28. The quantitative estimate of drug-likeness (QED) is 0.522. The molecule has 7 nitrogen and oxygen atoms in total. The van der Waals surface area contributed by atoms with E-state index < -0.39 is 0 Å². The third-order valence-corrected chi connectivity index (χ3v) is 8.24. The van der Waals surface area contributed by atoms with E-state index in [-0.39, 0.29) is 0 Å². The lowest BCUT2D eigenvalue weighted by Crippen LogP contribution is -2.32. The number of nitrogens with zero attached hydrogens (tertiary/aromatic N) is 4. The zero-order valence-corrected chi connectivity index (χ0v) is 17.7. The number of fused-ring (bicyclic) bond motifs is 1. The van der Waals surface area contributed by atoms with Crippen molar-refractivity contribution in [3.8, 4) is 0 Å². The van der Waals surface area contributed by atoms with E-state index in [2.05, 4.69) is 54.8 Å². The van der Waals surface area contributed by atoms with Gasteiger partial charge in [-0.25, -0.2) is 4.98 Å². The molecule has 2 aliphatic rings. The number of hydrogen-bond acceptors (Lipinski definition) is 9. The Kier molecular flexibility index (Phi) is 5.41. The molecule has 1 aromatic carbocycles. The molecule has 2 aromatic heterocycles. The summed E-state index contributed by atoms with van der Waals surface area (Å²) < 4.78 is 0. The zero-order valence-electron chi connectivity index (χ0n) is 15.2. The molecule has 0 radical (unpaired) electrons. The topological polar surface area (TPSA) is 81.8 Å². The molecule has 0 atom stereocenters. The Morgan fingerprint density at radius 3 is 2.61 bits per heavy atom. The summed E-state index contributed by atoms with van der Waals surface area (Å²) in [6.45, 7) is 2.23. The fourth-order valence-corrected chi connectivity index (χ4v) is 6.82. The van der Waals surface area contributed by atoms with Crippen molar-refractivity contribution in [1.82, 2.24) is 19.9 Å². The number of imidazole rings is 1. The summed E-state index contributed by atoms with van der Waals surface area (Å²) in [6, 6.07) is 8.92. The van der Waals surface area contributed by atoms with Crippen LogP contribution in [0.4, 0.5) is 23.1 Å². The van der Waals surface area contributed by atoms with Gasteiger partial charge in [-0.2, -0.15) is 21.7 Å². The summed E-state index contributed by atoms with van der Waals surface area (Å²) in [7, 11) is 3.78. The van der Waals surface area contributed by atoms with E-state index in [1.807, 2.05) is 33.3 Å². The molecular weight excluding hydrogens is 410 g/mol. The number of nitrogens with one attached hydrogen (secondary N) is 3. The summed E-state index contributed by atoms with van der Waals surface area (Å²) >= 11 is 2.03. The lowest BCUT2D eigenvalue weighted by molar-refractivity contribution is 0.859. The van der Waals surface area contributed by atoms with Crippen molar-refractivity contribution in [2.75, 3.05) is 51.6 Å². The first kappa shape index (κ1) is 18.3. The van der Waals surface area contributed by atoms with E-state index >= 15 is 0 Å². The van der Waals surface area contributed by atoms with Gasteiger partial charge >= 0.3 is 0 Å². The normalized spacial score (nSPS) is 17.9. The zero-order chi connectivity index (χ0) is 18.8. The van der Waals surface area contributed by atoms with E-state index in [0.29, 0.717) is 12.0 Å². The lowest BCUT2D eigenvalue weighted by atomic mass is 10.2. The lowest BCUT2D eigenvalue weighted by Gasteiger charge is -2.28. The minimum atomic E-state index is 0.402. The Morgan fingerprint density at radius 2 is 1.82 bits per heavy atom. The van der Waals surface area contributed by atoms with Crippen LogP contribution in [0.15, 0.2) is 30.6 Å². The number of benzene rings is 1. The molecule has 0 bridgehead atoms. The Labute approximate surface area is 175 Å². The third-order valence-electron chi connectivity index (χ3n) is 4.74. The maximum absolute atomic E-state index is 4.70. The van der Waals surface area contributed by atoms with Crippen LogP contribution in [0.5, 0.6) is 0 Å². The predicted octanol–water partition coefficient (Wildman–Crippen LogP) is 3.83. The van der Waals surface area contributed by atoms with Crippen molar-refractivity contribution in [1.29, 1.82) is 0 Å². The van der Waals surface area contributed by atoms with Crippen molar-refractivity contribution >= 4 is 67.7 Å². The van der Waals surface area contributed by atoms with Crippen molar-refractivity contribution in [2.45, 2.75) is 6.04 Å². The highest BCUT2D eigenvalue weighted by molar-refractivity contribution is 8.77. The molecule has 3 N–H and O–H groups in total. The van der Waals surface area contributed by atoms with E-state index in [1.54, 1.807) is 6.33 Å². The summed E-state index contributed by atoms with van der Waals surface area (Å²) in [5, 5.41) is 6.86. The molecule has 0 aliphatic carbocycles. The number of hydrogen-bond donors (Lipinski definition) is 3. The number of aromatic amines is 1. The average molecular weight is 432 g/mol. The van der Waals surface area contributed by atoms with Crippen LogP contribution in [0, 0.1) is 0 Å². The van der Waals surface area contributed by atoms with Gasteiger partial charge in [0.05, 0.1) is 6.33 Å². The monoisotopic (exact) mass is 431 g/mol. The molecule has 0 amide bonds. The first-order chi connectivity index (χ1) is 13.8. The molecule has 2 fully saturated rings. The molecular formula is C18H21N7S3. The van der Waals surface area contributed by atoms with Crippen molar-refractivity contribution in [2.24, 2.45) is 0 Å². The smallest absolute Gasteiger partial charge is 0.231 e. The van der Waals surface area contributed by atoms with E-state index in [4.69, 9.17) is 4.98 Å². The van der Waals surface area contributed by atoms with Gasteiger partial charge in [-0.05, 0) is 24.3 Å². The Morgan fingerprint density at radius 1 is 1.04 bits per heavy atom. The number of H-pyrrole nitrogens is 1. The number of aromatic nitrogens is 4. The second-order valence-electron chi connectivity index (χ2n) is 6.68. The van der Waals surface area contributed by atoms with Gasteiger partial charge in [0.2, 0.25) is 5.95 Å². The molecule has 0 saturated carbocycles. The maximum atomic E-state index is 4.70. The van der Waals surface area contributed by atoms with Crippen LogP contribution in [0.25, 0.3) is 11.2 Å². The first-order valence-corrected chi connectivity index (χ1v) is 12.9. The van der Waals surface area contributed by atoms with Gasteiger partial charge in [0.1, 0.15) is 5.52 Å². The summed E-state index contributed by atoms with van der Waals surface area (Å²) in [6.07, 6.45) is 1.66. The van der Waals surface area contributed by atoms with Crippen molar-refractivity contribution in [3.63, 3.8) is 0 Å². The van der Waals surface area contributed by atoms with Gasteiger partial charge < -0.3 is 20.5 Å². The SMILES string of the molecule is c1nc2c(NC3CSSC3)nc(Nc3ccc(N4CCSCC4)cc3)nc2[nH]1. The highest BCUT2D eigenvalue weighted by Crippen LogP contribution is 2.33. The standard InChI is InChI=1S/C18H21N7S3/c1-3-14(25-5-7-26-8-6-25)4-2-12(1)22-18-23-16-15(19-11-20-16)17(24-18)21-13-9-27-28-10-13/h1-4,11,13H,5-10H2,(H3,19,20,21,22,23,24). The van der Waals surface area contributed by atoms with Gasteiger partial charge in [0.15, 0.2) is 11.5 Å². The summed E-state index contributed by atoms with van der Waals surface area (Å²) in [5.74, 6) is 5.89. The number of rotatable bonds is 5. The van der Waals surface area contributed by atoms with Crippen LogP contribution < -0.4 is 15.5 Å². The Balaban J connectivity index is 1.35. The largest absolute Gasteiger partial charge is 0.370 e. The highest BCUT2D eigenvalue weighted by atomic mass is 33.1. The molecule has 2 saturated heterocycles. The minimum absolute atomic E-state index is 0.402. The van der Waals surface area contributed by atoms with Crippen molar-refractivity contribution < 1.29 is 0 Å². The minimum Gasteiger partial charge on any atom is -0.370 e. The van der Waals surface area contributed by atoms with Gasteiger partial charge in [0, 0.05) is 53.5 Å². The molecule has 3 aromatic rings. The van der Waals surface area contributed by atoms with Crippen LogP contribution in [-0.4, -0.2) is 62.1 Å². The average Bonchev–Trinajstić information content (AvgIpc) is 3.41. The molecule has 5 rings (SSSR count). The number of anilines is 4. The third kappa shape index (κ3) is 3.99. The maximum Gasteiger partial charge on any atom is 0.231 e. The summed E-state index contributed by atoms with van der Waals surface area (Å²) in [5.41, 5.74) is 3.77. The first-order valence-electron chi connectivity index (χ1n) is 9.27. The second-order valence-corrected chi connectivity index (χ2v) is 10.5. The van der Waals surface area contributed by atoms with Crippen LogP contribution in [0.3, 0.4) is 0 Å². The van der Waals surface area contributed by atoms with E-state index in [9.17, 15) is 0 Å². The van der Waals surface area contributed by atoms with Crippen LogP contribution >= 0.6 is 33.3 Å². The van der Waals surface area contributed by atoms with Gasteiger partial charge in [-0.3, -0.25) is 0 Å². The number of thioether (sulfide) groups is 1. The molecule has 0 spiro atoms. The van der Waals surface area contributed by atoms with Crippen LogP contribution in [0.1, 0.15) is 0 Å².